The molecule has 1 aliphatic carbocycles. The molecule has 2 rings (SSSR count). The summed E-state index contributed by atoms with van der Waals surface area (Å²) in [7, 11) is 1.43. The number of ether oxygens (including phenoxy) is 2. The molecular weight excluding hydrogens is 216 g/mol. The van der Waals surface area contributed by atoms with Crippen LogP contribution in [-0.4, -0.2) is 19.2 Å². The molecule has 1 fully saturated rings. The Balaban J connectivity index is 2.06. The predicted molar refractivity (Wildman–Crippen MR) is 65.1 cm³/mol. The lowest BCUT2D eigenvalue weighted by Gasteiger charge is -2.13. The molecule has 1 saturated carbocycles. The Morgan fingerprint density at radius 3 is 2.47 bits per heavy atom. The zero-order chi connectivity index (χ0) is 12.3. The molecule has 92 valence electrons. The van der Waals surface area contributed by atoms with Gasteiger partial charge in [0.05, 0.1) is 19.1 Å². The van der Waals surface area contributed by atoms with Crippen molar-refractivity contribution in [2.75, 3.05) is 7.11 Å². The molecule has 0 aliphatic heterocycles. The molecule has 0 radical (unpaired) electrons. The van der Waals surface area contributed by atoms with Crippen LogP contribution in [0.15, 0.2) is 24.3 Å². The van der Waals surface area contributed by atoms with E-state index in [1.165, 1.54) is 7.11 Å². The summed E-state index contributed by atoms with van der Waals surface area (Å²) in [4.78, 5) is 11.6. The fourth-order valence-corrected chi connectivity index (χ4v) is 1.84. The molecule has 0 N–H and O–H groups in total. The largest absolute Gasteiger partial charge is 0.490 e. The quantitative estimate of drug-likeness (QED) is 0.735. The molecular formula is C14H18O3. The second-order valence-corrected chi connectivity index (χ2v) is 4.37. The molecule has 0 heterocycles. The molecule has 0 aromatic heterocycles. The first-order chi connectivity index (χ1) is 8.24. The third kappa shape index (κ3) is 2.99. The Labute approximate surface area is 102 Å². The van der Waals surface area contributed by atoms with Crippen LogP contribution in [0.5, 0.6) is 5.75 Å². The minimum Gasteiger partial charge on any atom is -0.490 e. The zero-order valence-electron chi connectivity index (χ0n) is 10.3. The van der Waals surface area contributed by atoms with Crippen molar-refractivity contribution in [3.63, 3.8) is 0 Å². The van der Waals surface area contributed by atoms with E-state index in [0.717, 1.165) is 30.6 Å². The van der Waals surface area contributed by atoms with E-state index in [0.29, 0.717) is 6.10 Å². The molecule has 17 heavy (non-hydrogen) atoms. The highest BCUT2D eigenvalue weighted by atomic mass is 16.5. The number of benzene rings is 1. The van der Waals surface area contributed by atoms with Crippen LogP contribution in [0.4, 0.5) is 0 Å². The van der Waals surface area contributed by atoms with Crippen molar-refractivity contribution in [3.05, 3.63) is 29.8 Å². The van der Waals surface area contributed by atoms with E-state index in [1.807, 2.05) is 31.2 Å². The number of carbonyl (C=O) groups is 1. The van der Waals surface area contributed by atoms with E-state index in [-0.39, 0.29) is 11.9 Å². The third-order valence-electron chi connectivity index (χ3n) is 3.00. The summed E-state index contributed by atoms with van der Waals surface area (Å²) in [6.07, 6.45) is 3.46. The first-order valence-corrected chi connectivity index (χ1v) is 6.09. The smallest absolute Gasteiger partial charge is 0.313 e. The summed E-state index contributed by atoms with van der Waals surface area (Å²) in [6, 6.07) is 7.75. The summed E-state index contributed by atoms with van der Waals surface area (Å²) in [5.41, 5.74) is 0.988. The Morgan fingerprint density at radius 1 is 1.35 bits per heavy atom. The predicted octanol–water partition coefficient (Wildman–Crippen LogP) is 2.89. The van der Waals surface area contributed by atoms with Crippen LogP contribution in [-0.2, 0) is 9.53 Å². The van der Waals surface area contributed by atoms with E-state index in [2.05, 4.69) is 0 Å². The summed E-state index contributed by atoms with van der Waals surface area (Å²) in [5, 5.41) is 0. The molecule has 0 saturated heterocycles. The number of hydrogen-bond donors (Lipinski definition) is 0. The van der Waals surface area contributed by atoms with Crippen molar-refractivity contribution >= 4 is 5.97 Å². The van der Waals surface area contributed by atoms with Crippen molar-refractivity contribution in [3.8, 4) is 5.75 Å². The maximum atomic E-state index is 11.6. The van der Waals surface area contributed by atoms with Gasteiger partial charge in [0.2, 0.25) is 0 Å². The van der Waals surface area contributed by atoms with Gasteiger partial charge < -0.3 is 9.47 Å². The zero-order valence-corrected chi connectivity index (χ0v) is 10.3. The Hall–Kier alpha value is -1.51. The first-order valence-electron chi connectivity index (χ1n) is 6.09. The standard InChI is InChI=1S/C14H18O3/c1-3-13(14(15)16-2)10-4-6-11(7-5-10)17-12-8-9-12/h4-7,12-13H,3,8-9H2,1-2H3. The summed E-state index contributed by atoms with van der Waals surface area (Å²) >= 11 is 0. The van der Waals surface area contributed by atoms with Gasteiger partial charge in [0.15, 0.2) is 0 Å². The highest BCUT2D eigenvalue weighted by Gasteiger charge is 2.24. The highest BCUT2D eigenvalue weighted by molar-refractivity contribution is 5.78. The topological polar surface area (TPSA) is 35.5 Å². The average molecular weight is 234 g/mol. The second kappa shape index (κ2) is 5.21. The molecule has 1 atom stereocenters. The van der Waals surface area contributed by atoms with Gasteiger partial charge in [-0.05, 0) is 37.0 Å². The Morgan fingerprint density at radius 2 is 2.00 bits per heavy atom. The SMILES string of the molecule is CCC(C(=O)OC)c1ccc(OC2CC2)cc1. The molecule has 0 bridgehead atoms. The number of methoxy groups -OCH3 is 1. The van der Waals surface area contributed by atoms with Gasteiger partial charge in [-0.3, -0.25) is 4.79 Å². The van der Waals surface area contributed by atoms with E-state index >= 15 is 0 Å². The lowest BCUT2D eigenvalue weighted by atomic mass is 9.97. The number of rotatable bonds is 5. The Kier molecular flexibility index (Phi) is 3.67. The van der Waals surface area contributed by atoms with Crippen molar-refractivity contribution in [1.29, 1.82) is 0 Å². The second-order valence-electron chi connectivity index (χ2n) is 4.37. The minimum atomic E-state index is -0.177. The highest BCUT2D eigenvalue weighted by Crippen LogP contribution is 2.28. The van der Waals surface area contributed by atoms with Gasteiger partial charge in [0.1, 0.15) is 5.75 Å². The van der Waals surface area contributed by atoms with Gasteiger partial charge in [-0.25, -0.2) is 0 Å². The molecule has 1 unspecified atom stereocenters. The van der Waals surface area contributed by atoms with Crippen LogP contribution in [0.2, 0.25) is 0 Å². The van der Waals surface area contributed by atoms with Crippen LogP contribution >= 0.6 is 0 Å². The minimum absolute atomic E-state index is 0.171. The third-order valence-corrected chi connectivity index (χ3v) is 3.00. The molecule has 1 aliphatic rings. The summed E-state index contributed by atoms with van der Waals surface area (Å²) < 4.78 is 10.5. The van der Waals surface area contributed by atoms with E-state index < -0.39 is 0 Å². The lowest BCUT2D eigenvalue weighted by molar-refractivity contribution is -0.142. The number of hydrogen-bond acceptors (Lipinski definition) is 3. The monoisotopic (exact) mass is 234 g/mol. The fraction of sp³-hybridized carbons (Fsp3) is 0.500. The fourth-order valence-electron chi connectivity index (χ4n) is 1.84. The summed E-state index contributed by atoms with van der Waals surface area (Å²) in [5.74, 6) is 0.536. The Bertz CT molecular complexity index is 379. The van der Waals surface area contributed by atoms with Crippen molar-refractivity contribution in [2.45, 2.75) is 38.2 Å². The molecule has 0 spiro atoms. The average Bonchev–Trinajstić information content (AvgIpc) is 3.16. The normalized spacial score (nSPS) is 16.4. The van der Waals surface area contributed by atoms with Gasteiger partial charge >= 0.3 is 5.97 Å². The van der Waals surface area contributed by atoms with E-state index in [9.17, 15) is 4.79 Å². The molecule has 0 amide bonds. The maximum Gasteiger partial charge on any atom is 0.313 e. The van der Waals surface area contributed by atoms with Gasteiger partial charge in [0.25, 0.3) is 0 Å². The van der Waals surface area contributed by atoms with Crippen molar-refractivity contribution in [1.82, 2.24) is 0 Å². The maximum absolute atomic E-state index is 11.6. The van der Waals surface area contributed by atoms with Gasteiger partial charge in [0, 0.05) is 0 Å². The lowest BCUT2D eigenvalue weighted by Crippen LogP contribution is -2.13. The van der Waals surface area contributed by atoms with Crippen LogP contribution in [0.1, 0.15) is 37.7 Å². The van der Waals surface area contributed by atoms with Crippen LogP contribution in [0.25, 0.3) is 0 Å². The molecule has 3 nitrogen and oxygen atoms in total. The van der Waals surface area contributed by atoms with Crippen molar-refractivity contribution < 1.29 is 14.3 Å². The molecule has 3 heteroatoms. The molecule has 1 aromatic carbocycles. The van der Waals surface area contributed by atoms with E-state index in [4.69, 9.17) is 9.47 Å². The van der Waals surface area contributed by atoms with Crippen LogP contribution in [0, 0.1) is 0 Å². The van der Waals surface area contributed by atoms with Crippen molar-refractivity contribution in [2.24, 2.45) is 0 Å². The summed E-state index contributed by atoms with van der Waals surface area (Å²) in [6.45, 7) is 1.98. The van der Waals surface area contributed by atoms with E-state index in [1.54, 1.807) is 0 Å². The first kappa shape index (κ1) is 12.0. The number of carbonyl (C=O) groups excluding carboxylic acids is 1. The van der Waals surface area contributed by atoms with Gasteiger partial charge in [-0.1, -0.05) is 19.1 Å². The van der Waals surface area contributed by atoms with Crippen LogP contribution < -0.4 is 4.74 Å². The molecule has 1 aromatic rings. The van der Waals surface area contributed by atoms with Crippen LogP contribution in [0.3, 0.4) is 0 Å². The number of esters is 1. The van der Waals surface area contributed by atoms with Gasteiger partial charge in [-0.2, -0.15) is 0 Å². The van der Waals surface area contributed by atoms with Gasteiger partial charge in [-0.15, -0.1) is 0 Å².